The molecule has 3 heterocycles. The smallest absolute Gasteiger partial charge is 0.250 e. The summed E-state index contributed by atoms with van der Waals surface area (Å²) < 4.78 is 12.2. The molecule has 3 unspecified atom stereocenters. The van der Waals surface area contributed by atoms with Crippen molar-refractivity contribution in [2.45, 2.75) is 25.0 Å². The summed E-state index contributed by atoms with van der Waals surface area (Å²) in [6, 6.07) is 5.56. The highest BCUT2D eigenvalue weighted by molar-refractivity contribution is 5.16. The van der Waals surface area contributed by atoms with Gasteiger partial charge in [0, 0.05) is 51.0 Å². The van der Waals surface area contributed by atoms with Crippen molar-refractivity contribution >= 4 is 0 Å². The van der Waals surface area contributed by atoms with Crippen LogP contribution in [-0.2, 0) is 16.0 Å². The van der Waals surface area contributed by atoms with E-state index in [-0.39, 0.29) is 5.56 Å². The Morgan fingerprint density at radius 1 is 1.30 bits per heavy atom. The van der Waals surface area contributed by atoms with Crippen molar-refractivity contribution in [3.63, 3.8) is 0 Å². The maximum atomic E-state index is 12.0. The summed E-state index contributed by atoms with van der Waals surface area (Å²) in [4.78, 5) is 14.3. The molecule has 0 aromatic carbocycles. The average molecular weight is 322 g/mol. The van der Waals surface area contributed by atoms with Crippen molar-refractivity contribution in [2.75, 3.05) is 46.6 Å². The molecule has 1 saturated heterocycles. The van der Waals surface area contributed by atoms with Crippen LogP contribution in [0.5, 0.6) is 0 Å². The fourth-order valence-corrected chi connectivity index (χ4v) is 3.86. The molecule has 3 atom stereocenters. The lowest BCUT2D eigenvalue weighted by atomic mass is 9.83. The van der Waals surface area contributed by atoms with Crippen molar-refractivity contribution < 1.29 is 14.6 Å². The first-order chi connectivity index (χ1) is 11.2. The Morgan fingerprint density at radius 2 is 2.17 bits per heavy atom. The predicted octanol–water partition coefficient (Wildman–Crippen LogP) is 0.291. The van der Waals surface area contributed by atoms with Gasteiger partial charge in [-0.05, 0) is 18.4 Å². The van der Waals surface area contributed by atoms with Crippen LogP contribution in [0, 0.1) is 5.92 Å². The molecule has 2 aliphatic rings. The zero-order valence-corrected chi connectivity index (χ0v) is 13.7. The summed E-state index contributed by atoms with van der Waals surface area (Å²) in [5.74, 6) is 0.876. The fourth-order valence-electron chi connectivity index (χ4n) is 3.86. The average Bonchev–Trinajstić information content (AvgIpc) is 2.53. The van der Waals surface area contributed by atoms with Crippen molar-refractivity contribution in [3.05, 3.63) is 34.2 Å². The van der Waals surface area contributed by atoms with E-state index in [0.29, 0.717) is 38.2 Å². The molecular weight excluding hydrogens is 296 g/mol. The van der Waals surface area contributed by atoms with Gasteiger partial charge in [-0.2, -0.15) is 0 Å². The van der Waals surface area contributed by atoms with Gasteiger partial charge >= 0.3 is 0 Å². The number of piperidine rings is 1. The zero-order chi connectivity index (χ0) is 16.2. The molecular formula is C17H26N2O4. The Labute approximate surface area is 136 Å². The molecule has 0 amide bonds. The number of aromatic nitrogens is 1. The van der Waals surface area contributed by atoms with Gasteiger partial charge in [0.05, 0.1) is 25.9 Å². The van der Waals surface area contributed by atoms with Crippen LogP contribution < -0.4 is 5.56 Å². The molecule has 1 aromatic rings. The zero-order valence-electron chi connectivity index (χ0n) is 13.7. The second kappa shape index (κ2) is 7.57. The van der Waals surface area contributed by atoms with Gasteiger partial charge in [-0.25, -0.2) is 0 Å². The lowest BCUT2D eigenvalue weighted by Gasteiger charge is -2.43. The summed E-state index contributed by atoms with van der Waals surface area (Å²) in [5, 5.41) is 10.1. The van der Waals surface area contributed by atoms with E-state index in [4.69, 9.17) is 9.47 Å². The van der Waals surface area contributed by atoms with Gasteiger partial charge < -0.3 is 19.1 Å². The molecule has 6 heteroatoms. The fraction of sp³-hybridized carbons (Fsp3) is 0.706. The third-order valence-corrected chi connectivity index (χ3v) is 4.77. The van der Waals surface area contributed by atoms with Crippen LogP contribution in [0.1, 0.15) is 18.0 Å². The van der Waals surface area contributed by atoms with Crippen LogP contribution >= 0.6 is 0 Å². The predicted molar refractivity (Wildman–Crippen MR) is 86.7 cm³/mol. The van der Waals surface area contributed by atoms with Crippen LogP contribution in [0.15, 0.2) is 23.0 Å². The number of rotatable bonds is 7. The van der Waals surface area contributed by atoms with E-state index in [1.165, 1.54) is 0 Å². The first-order valence-corrected chi connectivity index (χ1v) is 8.34. The minimum absolute atomic E-state index is 0.109. The normalized spacial score (nSPS) is 25.1. The standard InChI is InChI=1S/C17H26N2O4/c1-22-5-6-23-12-15(20)11-18-8-13-7-14(10-18)16-3-2-4-17(21)19(16)9-13/h2-4,13-15,20H,5-12H2,1H3. The number of aliphatic hydroxyl groups is 1. The lowest BCUT2D eigenvalue weighted by Crippen LogP contribution is -2.49. The maximum absolute atomic E-state index is 12.0. The Kier molecular flexibility index (Phi) is 5.48. The second-order valence-corrected chi connectivity index (χ2v) is 6.64. The van der Waals surface area contributed by atoms with Gasteiger partial charge in [-0.3, -0.25) is 9.69 Å². The number of nitrogens with zero attached hydrogens (tertiary/aromatic N) is 2. The molecule has 2 aliphatic heterocycles. The highest BCUT2D eigenvalue weighted by atomic mass is 16.5. The highest BCUT2D eigenvalue weighted by Crippen LogP contribution is 2.34. The van der Waals surface area contributed by atoms with Gasteiger partial charge in [0.25, 0.3) is 5.56 Å². The molecule has 0 spiro atoms. The third kappa shape index (κ3) is 4.01. The van der Waals surface area contributed by atoms with Crippen molar-refractivity contribution in [1.82, 2.24) is 9.47 Å². The molecule has 0 aliphatic carbocycles. The lowest BCUT2D eigenvalue weighted by molar-refractivity contribution is -0.00995. The molecule has 23 heavy (non-hydrogen) atoms. The third-order valence-electron chi connectivity index (χ3n) is 4.77. The van der Waals surface area contributed by atoms with Gasteiger partial charge in [0.2, 0.25) is 0 Å². The number of hydrogen-bond acceptors (Lipinski definition) is 5. The summed E-state index contributed by atoms with van der Waals surface area (Å²) in [6.45, 7) is 4.65. The Hall–Kier alpha value is -1.21. The minimum Gasteiger partial charge on any atom is -0.389 e. The molecule has 0 radical (unpaired) electrons. The van der Waals surface area contributed by atoms with Crippen LogP contribution in [0.3, 0.4) is 0 Å². The maximum Gasteiger partial charge on any atom is 0.250 e. The Morgan fingerprint density at radius 3 is 3.00 bits per heavy atom. The summed E-state index contributed by atoms with van der Waals surface area (Å²) in [5.41, 5.74) is 1.25. The number of hydrogen-bond donors (Lipinski definition) is 1. The van der Waals surface area contributed by atoms with Crippen LogP contribution in [0.2, 0.25) is 0 Å². The minimum atomic E-state index is -0.483. The molecule has 128 valence electrons. The number of β-amino-alcohol motifs (C(OH)–C–C–N with tert-alkyl or cyclic N) is 1. The Balaban J connectivity index is 1.56. The molecule has 1 fully saturated rings. The van der Waals surface area contributed by atoms with E-state index >= 15 is 0 Å². The van der Waals surface area contributed by atoms with Gasteiger partial charge in [-0.1, -0.05) is 6.07 Å². The van der Waals surface area contributed by atoms with Crippen molar-refractivity contribution in [2.24, 2.45) is 5.92 Å². The van der Waals surface area contributed by atoms with E-state index in [1.54, 1.807) is 13.2 Å². The summed E-state index contributed by atoms with van der Waals surface area (Å²) >= 11 is 0. The summed E-state index contributed by atoms with van der Waals surface area (Å²) in [7, 11) is 1.63. The molecule has 2 bridgehead atoms. The van der Waals surface area contributed by atoms with Gasteiger partial charge in [0.1, 0.15) is 0 Å². The number of methoxy groups -OCH3 is 1. The van der Waals surface area contributed by atoms with E-state index in [9.17, 15) is 9.90 Å². The van der Waals surface area contributed by atoms with E-state index in [2.05, 4.69) is 11.0 Å². The quantitative estimate of drug-likeness (QED) is 0.731. The number of likely N-dealkylation sites (tertiary alicyclic amines) is 1. The topological polar surface area (TPSA) is 63.9 Å². The molecule has 1 N–H and O–H groups in total. The molecule has 1 aromatic heterocycles. The van der Waals surface area contributed by atoms with E-state index in [1.807, 2.05) is 10.6 Å². The Bertz CT molecular complexity index is 574. The number of ether oxygens (including phenoxy) is 2. The van der Waals surface area contributed by atoms with Crippen molar-refractivity contribution in [1.29, 1.82) is 0 Å². The molecule has 6 nitrogen and oxygen atoms in total. The van der Waals surface area contributed by atoms with E-state index in [0.717, 1.165) is 31.7 Å². The summed E-state index contributed by atoms with van der Waals surface area (Å²) in [6.07, 6.45) is 0.657. The number of aliphatic hydroxyl groups excluding tert-OH is 1. The number of pyridine rings is 1. The SMILES string of the molecule is COCCOCC(O)CN1CC2CC(C1)c1cccc(=O)n1C2. The van der Waals surface area contributed by atoms with Gasteiger partial charge in [0.15, 0.2) is 0 Å². The van der Waals surface area contributed by atoms with Gasteiger partial charge in [-0.15, -0.1) is 0 Å². The highest BCUT2D eigenvalue weighted by Gasteiger charge is 2.34. The largest absolute Gasteiger partial charge is 0.389 e. The van der Waals surface area contributed by atoms with E-state index < -0.39 is 6.10 Å². The monoisotopic (exact) mass is 322 g/mol. The number of fused-ring (bicyclic) bond motifs is 4. The first kappa shape index (κ1) is 16.6. The van der Waals surface area contributed by atoms with Crippen molar-refractivity contribution in [3.8, 4) is 0 Å². The van der Waals surface area contributed by atoms with Crippen LogP contribution in [-0.4, -0.2) is 67.2 Å². The molecule has 0 saturated carbocycles. The first-order valence-electron chi connectivity index (χ1n) is 8.34. The molecule has 3 rings (SSSR count). The van der Waals surface area contributed by atoms with Crippen LogP contribution in [0.25, 0.3) is 0 Å². The second-order valence-electron chi connectivity index (χ2n) is 6.64. The van der Waals surface area contributed by atoms with Crippen LogP contribution in [0.4, 0.5) is 0 Å².